The summed E-state index contributed by atoms with van der Waals surface area (Å²) in [7, 11) is 0. The summed E-state index contributed by atoms with van der Waals surface area (Å²) >= 11 is 0. The number of carbonyl (C=O) groups is 1. The van der Waals surface area contributed by atoms with Gasteiger partial charge in [-0.25, -0.2) is 9.18 Å². The molecule has 0 aliphatic carbocycles. The van der Waals surface area contributed by atoms with Crippen LogP contribution in [0.2, 0.25) is 0 Å². The Hall–Kier alpha value is -1.62. The molecule has 1 heterocycles. The maximum atomic E-state index is 14.7. The van der Waals surface area contributed by atoms with E-state index in [9.17, 15) is 9.18 Å². The molecule has 1 aliphatic heterocycles. The second kappa shape index (κ2) is 7.30. The molecule has 0 spiro atoms. The number of nitrogens with zero attached hydrogens (tertiary/aromatic N) is 1. The summed E-state index contributed by atoms with van der Waals surface area (Å²) in [6.07, 6.45) is -0.163. The quantitative estimate of drug-likeness (QED) is 0.919. The Balaban J connectivity index is 1.92. The molecule has 0 radical (unpaired) electrons. The third kappa shape index (κ3) is 4.93. The van der Waals surface area contributed by atoms with Gasteiger partial charge < -0.3 is 14.7 Å². The van der Waals surface area contributed by atoms with Gasteiger partial charge in [-0.2, -0.15) is 0 Å². The minimum atomic E-state index is -1.07. The number of aliphatic hydroxyl groups excluding tert-OH is 1. The lowest BCUT2D eigenvalue weighted by atomic mass is 9.88. The van der Waals surface area contributed by atoms with Crippen LogP contribution >= 0.6 is 0 Å². The van der Waals surface area contributed by atoms with Crippen molar-refractivity contribution in [3.05, 3.63) is 35.4 Å². The number of benzene rings is 1. The molecule has 0 saturated carbocycles. The number of hydrogen-bond acceptors (Lipinski definition) is 3. The molecule has 1 atom stereocenters. The first-order chi connectivity index (χ1) is 10.8. The van der Waals surface area contributed by atoms with Crippen molar-refractivity contribution in [3.63, 3.8) is 0 Å². The van der Waals surface area contributed by atoms with Gasteiger partial charge in [0.25, 0.3) is 0 Å². The van der Waals surface area contributed by atoms with Crippen molar-refractivity contribution in [2.45, 2.75) is 52.0 Å². The van der Waals surface area contributed by atoms with Gasteiger partial charge in [0, 0.05) is 13.1 Å². The number of piperidine rings is 1. The van der Waals surface area contributed by atoms with Crippen molar-refractivity contribution in [2.24, 2.45) is 5.92 Å². The van der Waals surface area contributed by atoms with E-state index in [-0.39, 0.29) is 18.6 Å². The second-order valence-electron chi connectivity index (χ2n) is 7.11. The number of carbonyl (C=O) groups excluding carboxylic acids is 1. The van der Waals surface area contributed by atoms with Crippen LogP contribution in [0.5, 0.6) is 0 Å². The number of hydrogen-bond donors (Lipinski definition) is 1. The minimum absolute atomic E-state index is 0.0857. The Kier molecular flexibility index (Phi) is 5.63. The summed E-state index contributed by atoms with van der Waals surface area (Å²) in [4.78, 5) is 13.7. The molecule has 1 fully saturated rings. The lowest BCUT2D eigenvalue weighted by molar-refractivity contribution is 0.0144. The van der Waals surface area contributed by atoms with Gasteiger partial charge in [-0.1, -0.05) is 24.3 Å². The molecule has 0 aromatic heterocycles. The Morgan fingerprint density at radius 3 is 2.61 bits per heavy atom. The summed E-state index contributed by atoms with van der Waals surface area (Å²) in [5.74, 6) is -0.109. The Labute approximate surface area is 137 Å². The van der Waals surface area contributed by atoms with Crippen LogP contribution in [-0.2, 0) is 11.3 Å². The van der Waals surface area contributed by atoms with Gasteiger partial charge in [0.1, 0.15) is 11.8 Å². The van der Waals surface area contributed by atoms with E-state index in [0.29, 0.717) is 31.5 Å². The van der Waals surface area contributed by atoms with Crippen molar-refractivity contribution in [2.75, 3.05) is 13.1 Å². The largest absolute Gasteiger partial charge is 0.444 e. The normalized spacial score (nSPS) is 17.9. The molecular formula is C18H26FNO3. The number of amides is 1. The molecule has 23 heavy (non-hydrogen) atoms. The van der Waals surface area contributed by atoms with Gasteiger partial charge in [0.05, 0.1) is 6.61 Å². The van der Waals surface area contributed by atoms with Crippen molar-refractivity contribution in [1.29, 1.82) is 0 Å². The summed E-state index contributed by atoms with van der Waals surface area (Å²) < 4.78 is 20.1. The standard InChI is InChI=1S/C18H26FNO3/c1-18(2,3)23-17(22)20-9-7-14(8-10-20)16(19)15-6-4-5-13(11-15)12-21/h4-6,11,14,16,21H,7-10,12H2,1-3H3. The Morgan fingerprint density at radius 2 is 2.04 bits per heavy atom. The van der Waals surface area contributed by atoms with Crippen molar-refractivity contribution in [1.82, 2.24) is 4.90 Å². The van der Waals surface area contributed by atoms with Gasteiger partial charge in [-0.3, -0.25) is 0 Å². The van der Waals surface area contributed by atoms with Crippen LogP contribution in [0.25, 0.3) is 0 Å². The van der Waals surface area contributed by atoms with Gasteiger partial charge in [-0.15, -0.1) is 0 Å². The average molecular weight is 323 g/mol. The first-order valence-electron chi connectivity index (χ1n) is 8.12. The van der Waals surface area contributed by atoms with E-state index in [0.717, 1.165) is 5.56 Å². The maximum Gasteiger partial charge on any atom is 0.410 e. The number of ether oxygens (including phenoxy) is 1. The van der Waals surface area contributed by atoms with Gasteiger partial charge in [0.2, 0.25) is 0 Å². The van der Waals surface area contributed by atoms with Crippen LogP contribution in [0, 0.1) is 5.92 Å². The van der Waals surface area contributed by atoms with E-state index in [4.69, 9.17) is 9.84 Å². The summed E-state index contributed by atoms with van der Waals surface area (Å²) in [5.41, 5.74) is 0.810. The molecule has 4 nitrogen and oxygen atoms in total. The number of likely N-dealkylation sites (tertiary alicyclic amines) is 1. The highest BCUT2D eigenvalue weighted by molar-refractivity contribution is 5.68. The molecule has 1 amide bonds. The van der Waals surface area contributed by atoms with Crippen molar-refractivity contribution in [3.8, 4) is 0 Å². The van der Waals surface area contributed by atoms with Crippen LogP contribution in [0.15, 0.2) is 24.3 Å². The zero-order chi connectivity index (χ0) is 17.0. The highest BCUT2D eigenvalue weighted by Crippen LogP contribution is 2.34. The van der Waals surface area contributed by atoms with Gasteiger partial charge in [-0.05, 0) is 50.7 Å². The monoisotopic (exact) mass is 323 g/mol. The first-order valence-corrected chi connectivity index (χ1v) is 8.12. The predicted molar refractivity (Wildman–Crippen MR) is 86.7 cm³/mol. The zero-order valence-electron chi connectivity index (χ0n) is 14.1. The number of halogens is 1. The fraction of sp³-hybridized carbons (Fsp3) is 0.611. The third-order valence-corrected chi connectivity index (χ3v) is 4.06. The summed E-state index contributed by atoms with van der Waals surface area (Å²) in [6, 6.07) is 7.01. The number of aliphatic hydroxyl groups is 1. The number of rotatable bonds is 3. The number of alkyl halides is 1. The molecule has 1 aromatic carbocycles. The van der Waals surface area contributed by atoms with Crippen LogP contribution < -0.4 is 0 Å². The van der Waals surface area contributed by atoms with E-state index < -0.39 is 11.8 Å². The molecular weight excluding hydrogens is 297 g/mol. The lowest BCUT2D eigenvalue weighted by Crippen LogP contribution is -2.42. The van der Waals surface area contributed by atoms with Gasteiger partial charge >= 0.3 is 6.09 Å². The fourth-order valence-corrected chi connectivity index (χ4v) is 2.84. The third-order valence-electron chi connectivity index (χ3n) is 4.06. The van der Waals surface area contributed by atoms with Crippen molar-refractivity contribution >= 4 is 6.09 Å². The fourth-order valence-electron chi connectivity index (χ4n) is 2.84. The average Bonchev–Trinajstić information content (AvgIpc) is 2.53. The molecule has 1 aliphatic rings. The van der Waals surface area contributed by atoms with Crippen LogP contribution in [0.1, 0.15) is 50.9 Å². The van der Waals surface area contributed by atoms with Crippen molar-refractivity contribution < 1.29 is 19.0 Å². The molecule has 0 bridgehead atoms. The lowest BCUT2D eigenvalue weighted by Gasteiger charge is -2.34. The molecule has 2 rings (SSSR count). The van der Waals surface area contributed by atoms with E-state index >= 15 is 0 Å². The molecule has 1 unspecified atom stereocenters. The van der Waals surface area contributed by atoms with E-state index in [1.165, 1.54) is 0 Å². The second-order valence-corrected chi connectivity index (χ2v) is 7.11. The van der Waals surface area contributed by atoms with E-state index in [1.54, 1.807) is 29.2 Å². The highest BCUT2D eigenvalue weighted by atomic mass is 19.1. The van der Waals surface area contributed by atoms with E-state index in [2.05, 4.69) is 0 Å². The Bertz CT molecular complexity index is 533. The molecule has 5 heteroatoms. The SMILES string of the molecule is CC(C)(C)OC(=O)N1CCC(C(F)c2cccc(CO)c2)CC1. The zero-order valence-corrected chi connectivity index (χ0v) is 14.1. The minimum Gasteiger partial charge on any atom is -0.444 e. The summed E-state index contributed by atoms with van der Waals surface area (Å²) in [6.45, 7) is 6.45. The summed E-state index contributed by atoms with van der Waals surface area (Å²) in [5, 5.41) is 9.16. The Morgan fingerprint density at radius 1 is 1.39 bits per heavy atom. The topological polar surface area (TPSA) is 49.8 Å². The van der Waals surface area contributed by atoms with Crippen LogP contribution in [0.4, 0.5) is 9.18 Å². The predicted octanol–water partition coefficient (Wildman–Crippen LogP) is 3.84. The first kappa shape index (κ1) is 17.7. The van der Waals surface area contributed by atoms with Crippen LogP contribution in [0.3, 0.4) is 0 Å². The molecule has 1 N–H and O–H groups in total. The molecule has 128 valence electrons. The molecule has 1 saturated heterocycles. The van der Waals surface area contributed by atoms with Gasteiger partial charge in [0.15, 0.2) is 0 Å². The smallest absolute Gasteiger partial charge is 0.410 e. The van der Waals surface area contributed by atoms with E-state index in [1.807, 2.05) is 20.8 Å². The maximum absolute atomic E-state index is 14.7. The van der Waals surface area contributed by atoms with Crippen LogP contribution in [-0.4, -0.2) is 34.8 Å². The molecule has 1 aromatic rings. The highest BCUT2D eigenvalue weighted by Gasteiger charge is 2.31.